The molecule has 0 heterocycles. The highest BCUT2D eigenvalue weighted by Gasteiger charge is 1.90. The minimum absolute atomic E-state index is 0.884. The van der Waals surface area contributed by atoms with Gasteiger partial charge in [-0.05, 0) is 33.5 Å². The van der Waals surface area contributed by atoms with Crippen molar-refractivity contribution in [1.29, 1.82) is 0 Å². The van der Waals surface area contributed by atoms with Crippen molar-refractivity contribution in [3.8, 4) is 0 Å². The van der Waals surface area contributed by atoms with Crippen LogP contribution in [-0.4, -0.2) is 52.3 Å². The summed E-state index contributed by atoms with van der Waals surface area (Å²) >= 11 is 0. The zero-order chi connectivity index (χ0) is 9.23. The smallest absolute Gasteiger partial charge is 0.0462 e. The monoisotopic (exact) mass is 174 g/mol. The lowest BCUT2D eigenvalue weighted by Crippen LogP contribution is -2.27. The molecule has 0 saturated carbocycles. The standard InChI is InChI=1S/C9H22N2O/c1-11(2)8-7-10-6-4-5-9-12-3/h10H,4-9H2,1-3H3. The average Bonchev–Trinajstić information content (AvgIpc) is 2.02. The predicted octanol–water partition coefficient (Wildman–Crippen LogP) is 0.564. The second-order valence-corrected chi connectivity index (χ2v) is 3.25. The fraction of sp³-hybridized carbons (Fsp3) is 1.00. The number of unbranched alkanes of at least 4 members (excludes halogenated alkanes) is 1. The Labute approximate surface area is 76.1 Å². The first-order chi connectivity index (χ1) is 5.77. The molecular formula is C9H22N2O. The Balaban J connectivity index is 2.82. The number of nitrogens with zero attached hydrogens (tertiary/aromatic N) is 1. The maximum absolute atomic E-state index is 4.95. The summed E-state index contributed by atoms with van der Waals surface area (Å²) in [6.07, 6.45) is 2.37. The molecule has 0 aromatic heterocycles. The second-order valence-electron chi connectivity index (χ2n) is 3.25. The first-order valence-corrected chi connectivity index (χ1v) is 4.61. The van der Waals surface area contributed by atoms with Crippen molar-refractivity contribution in [2.24, 2.45) is 0 Å². The van der Waals surface area contributed by atoms with Crippen LogP contribution in [0.25, 0.3) is 0 Å². The van der Waals surface area contributed by atoms with E-state index in [9.17, 15) is 0 Å². The largest absolute Gasteiger partial charge is 0.385 e. The molecule has 0 spiro atoms. The van der Waals surface area contributed by atoms with Gasteiger partial charge in [0.25, 0.3) is 0 Å². The lowest BCUT2D eigenvalue weighted by atomic mass is 10.3. The zero-order valence-electron chi connectivity index (χ0n) is 8.60. The van der Waals surface area contributed by atoms with E-state index in [2.05, 4.69) is 24.3 Å². The molecule has 0 aliphatic rings. The third kappa shape index (κ3) is 9.88. The molecule has 0 aliphatic carbocycles. The maximum Gasteiger partial charge on any atom is 0.0462 e. The van der Waals surface area contributed by atoms with Gasteiger partial charge in [0.15, 0.2) is 0 Å². The van der Waals surface area contributed by atoms with E-state index in [4.69, 9.17) is 4.74 Å². The summed E-state index contributed by atoms with van der Waals surface area (Å²) in [7, 11) is 5.93. The van der Waals surface area contributed by atoms with E-state index < -0.39 is 0 Å². The fourth-order valence-corrected chi connectivity index (χ4v) is 0.924. The highest BCUT2D eigenvalue weighted by molar-refractivity contribution is 4.50. The summed E-state index contributed by atoms with van der Waals surface area (Å²) in [6.45, 7) is 4.19. The van der Waals surface area contributed by atoms with E-state index in [1.165, 1.54) is 6.42 Å². The van der Waals surface area contributed by atoms with Crippen LogP contribution in [0.15, 0.2) is 0 Å². The number of rotatable bonds is 8. The molecule has 0 unspecified atom stereocenters. The minimum atomic E-state index is 0.884. The van der Waals surface area contributed by atoms with Gasteiger partial charge < -0.3 is 15.0 Å². The number of methoxy groups -OCH3 is 1. The molecule has 3 nitrogen and oxygen atoms in total. The van der Waals surface area contributed by atoms with Gasteiger partial charge in [0.05, 0.1) is 0 Å². The van der Waals surface area contributed by atoms with Crippen LogP contribution in [0.4, 0.5) is 0 Å². The lowest BCUT2D eigenvalue weighted by Gasteiger charge is -2.09. The Morgan fingerprint density at radius 2 is 1.92 bits per heavy atom. The summed E-state index contributed by atoms with van der Waals surface area (Å²) in [6, 6.07) is 0. The molecule has 0 rings (SSSR count). The van der Waals surface area contributed by atoms with E-state index >= 15 is 0 Å². The van der Waals surface area contributed by atoms with Gasteiger partial charge in [-0.2, -0.15) is 0 Å². The Morgan fingerprint density at radius 1 is 1.17 bits per heavy atom. The lowest BCUT2D eigenvalue weighted by molar-refractivity contribution is 0.192. The molecule has 0 aromatic carbocycles. The van der Waals surface area contributed by atoms with Crippen LogP contribution in [0.3, 0.4) is 0 Å². The predicted molar refractivity (Wildman–Crippen MR) is 52.5 cm³/mol. The number of ether oxygens (including phenoxy) is 1. The van der Waals surface area contributed by atoms with Crippen LogP contribution >= 0.6 is 0 Å². The van der Waals surface area contributed by atoms with Gasteiger partial charge in [0.2, 0.25) is 0 Å². The van der Waals surface area contributed by atoms with Gasteiger partial charge in [-0.1, -0.05) is 0 Å². The summed E-state index contributed by atoms with van der Waals surface area (Å²) in [4.78, 5) is 2.18. The number of hydrogen-bond donors (Lipinski definition) is 1. The molecule has 0 saturated heterocycles. The summed E-state index contributed by atoms with van der Waals surface area (Å²) in [5.74, 6) is 0. The van der Waals surface area contributed by atoms with Crippen molar-refractivity contribution in [3.63, 3.8) is 0 Å². The van der Waals surface area contributed by atoms with Crippen LogP contribution in [-0.2, 0) is 4.74 Å². The van der Waals surface area contributed by atoms with Crippen LogP contribution in [0, 0.1) is 0 Å². The Hall–Kier alpha value is -0.120. The molecule has 12 heavy (non-hydrogen) atoms. The zero-order valence-corrected chi connectivity index (χ0v) is 8.60. The van der Waals surface area contributed by atoms with Gasteiger partial charge in [0, 0.05) is 26.8 Å². The van der Waals surface area contributed by atoms with Crippen molar-refractivity contribution in [1.82, 2.24) is 10.2 Å². The Kier molecular flexibility index (Phi) is 8.88. The Bertz CT molecular complexity index is 86.6. The van der Waals surface area contributed by atoms with E-state index in [1.807, 2.05) is 0 Å². The highest BCUT2D eigenvalue weighted by Crippen LogP contribution is 1.86. The van der Waals surface area contributed by atoms with Crippen molar-refractivity contribution in [2.75, 3.05) is 47.4 Å². The van der Waals surface area contributed by atoms with Crippen molar-refractivity contribution < 1.29 is 4.74 Å². The SMILES string of the molecule is COCCCCNCCN(C)C. The van der Waals surface area contributed by atoms with E-state index in [0.717, 1.165) is 32.7 Å². The first-order valence-electron chi connectivity index (χ1n) is 4.61. The average molecular weight is 174 g/mol. The van der Waals surface area contributed by atoms with Crippen molar-refractivity contribution >= 4 is 0 Å². The van der Waals surface area contributed by atoms with Crippen LogP contribution in [0.5, 0.6) is 0 Å². The third-order valence-electron chi connectivity index (χ3n) is 1.69. The number of hydrogen-bond acceptors (Lipinski definition) is 3. The van der Waals surface area contributed by atoms with Gasteiger partial charge >= 0.3 is 0 Å². The molecule has 74 valence electrons. The molecule has 0 amide bonds. The Morgan fingerprint density at radius 3 is 2.50 bits per heavy atom. The van der Waals surface area contributed by atoms with Gasteiger partial charge in [0.1, 0.15) is 0 Å². The first kappa shape index (κ1) is 11.9. The molecule has 0 aromatic rings. The van der Waals surface area contributed by atoms with Gasteiger partial charge in [-0.3, -0.25) is 0 Å². The topological polar surface area (TPSA) is 24.5 Å². The minimum Gasteiger partial charge on any atom is -0.385 e. The quantitative estimate of drug-likeness (QED) is 0.544. The molecule has 0 fully saturated rings. The number of nitrogens with one attached hydrogen (secondary N) is 1. The van der Waals surface area contributed by atoms with Crippen molar-refractivity contribution in [2.45, 2.75) is 12.8 Å². The van der Waals surface area contributed by atoms with Crippen LogP contribution < -0.4 is 5.32 Å². The molecule has 0 aliphatic heterocycles. The highest BCUT2D eigenvalue weighted by atomic mass is 16.5. The number of likely N-dealkylation sites (N-methyl/N-ethyl adjacent to an activating group) is 1. The maximum atomic E-state index is 4.95. The molecule has 3 heteroatoms. The molecule has 0 atom stereocenters. The summed E-state index contributed by atoms with van der Waals surface area (Å²) in [5, 5.41) is 3.38. The molecule has 0 radical (unpaired) electrons. The van der Waals surface area contributed by atoms with Gasteiger partial charge in [-0.25, -0.2) is 0 Å². The van der Waals surface area contributed by atoms with Crippen molar-refractivity contribution in [3.05, 3.63) is 0 Å². The summed E-state index contributed by atoms with van der Waals surface area (Å²) in [5.41, 5.74) is 0. The molecular weight excluding hydrogens is 152 g/mol. The fourth-order valence-electron chi connectivity index (χ4n) is 0.924. The third-order valence-corrected chi connectivity index (χ3v) is 1.69. The van der Waals surface area contributed by atoms with E-state index in [0.29, 0.717) is 0 Å². The van der Waals surface area contributed by atoms with Gasteiger partial charge in [-0.15, -0.1) is 0 Å². The second kappa shape index (κ2) is 8.97. The van der Waals surface area contributed by atoms with E-state index in [1.54, 1.807) is 7.11 Å². The summed E-state index contributed by atoms with van der Waals surface area (Å²) < 4.78 is 4.95. The molecule has 0 bridgehead atoms. The van der Waals surface area contributed by atoms with Crippen LogP contribution in [0.2, 0.25) is 0 Å². The van der Waals surface area contributed by atoms with Crippen LogP contribution in [0.1, 0.15) is 12.8 Å². The molecule has 1 N–H and O–H groups in total. The normalized spacial score (nSPS) is 11.0. The van der Waals surface area contributed by atoms with E-state index in [-0.39, 0.29) is 0 Å².